The second-order valence-corrected chi connectivity index (χ2v) is 7.59. The molecule has 0 unspecified atom stereocenters. The van der Waals surface area contributed by atoms with E-state index < -0.39 is 0 Å². The highest BCUT2D eigenvalue weighted by molar-refractivity contribution is 5.57. The Balaban J connectivity index is 1.50. The Morgan fingerprint density at radius 1 is 0.733 bits per heavy atom. The molecule has 0 aliphatic carbocycles. The third-order valence-electron chi connectivity index (χ3n) is 5.65. The highest BCUT2D eigenvalue weighted by atomic mass is 15.5. The summed E-state index contributed by atoms with van der Waals surface area (Å²) in [6, 6.07) is 29.5. The van der Waals surface area contributed by atoms with Crippen LogP contribution in [0.2, 0.25) is 0 Å². The predicted octanol–water partition coefficient (Wildman–Crippen LogP) is 3.87. The van der Waals surface area contributed by atoms with Crippen LogP contribution in [0, 0.1) is 6.92 Å². The summed E-state index contributed by atoms with van der Waals surface area (Å²) in [6.45, 7) is 3.99. The van der Waals surface area contributed by atoms with Crippen LogP contribution in [0.15, 0.2) is 84.9 Å². The molecule has 0 bridgehead atoms. The van der Waals surface area contributed by atoms with Crippen LogP contribution in [0.1, 0.15) is 11.4 Å². The van der Waals surface area contributed by atoms with Crippen LogP contribution in [0.3, 0.4) is 0 Å². The predicted molar refractivity (Wildman–Crippen MR) is 119 cm³/mol. The van der Waals surface area contributed by atoms with Gasteiger partial charge in [0, 0.05) is 30.9 Å². The number of benzene rings is 3. The van der Waals surface area contributed by atoms with Crippen LogP contribution in [-0.4, -0.2) is 39.5 Å². The molecule has 1 aromatic heterocycles. The summed E-state index contributed by atoms with van der Waals surface area (Å²) in [4.78, 5) is 4.89. The highest BCUT2D eigenvalue weighted by Crippen LogP contribution is 2.30. The van der Waals surface area contributed by atoms with E-state index in [-0.39, 0.29) is 6.17 Å². The van der Waals surface area contributed by atoms with Crippen LogP contribution < -0.4 is 9.80 Å². The maximum absolute atomic E-state index is 4.38. The first-order valence-electron chi connectivity index (χ1n) is 10.3. The van der Waals surface area contributed by atoms with Gasteiger partial charge >= 0.3 is 0 Å². The summed E-state index contributed by atoms with van der Waals surface area (Å²) >= 11 is 0. The van der Waals surface area contributed by atoms with Crippen molar-refractivity contribution in [1.29, 1.82) is 0 Å². The van der Waals surface area contributed by atoms with E-state index in [1.165, 1.54) is 16.9 Å². The van der Waals surface area contributed by atoms with Crippen LogP contribution in [0.4, 0.5) is 11.4 Å². The number of nitrogens with zero attached hydrogens (tertiary/aromatic N) is 6. The van der Waals surface area contributed by atoms with Crippen LogP contribution in [-0.2, 0) is 6.42 Å². The standard InChI is InChI=1S/C24H24N6/c1-19-12-14-22(15-13-19)30-23(25-26-27-30)18-24-28(20-8-4-2-5-9-20)16-17-29(24)21-10-6-3-7-11-21/h2-15,24H,16-18H2,1H3. The molecule has 1 fully saturated rings. The molecule has 0 amide bonds. The number of anilines is 2. The summed E-state index contributed by atoms with van der Waals surface area (Å²) in [5, 5.41) is 12.6. The van der Waals surface area contributed by atoms with E-state index >= 15 is 0 Å². The molecule has 30 heavy (non-hydrogen) atoms. The maximum Gasteiger partial charge on any atom is 0.160 e. The van der Waals surface area contributed by atoms with Crippen molar-refractivity contribution in [2.75, 3.05) is 22.9 Å². The zero-order valence-electron chi connectivity index (χ0n) is 17.0. The molecule has 0 spiro atoms. The van der Waals surface area contributed by atoms with Crippen molar-refractivity contribution in [3.63, 3.8) is 0 Å². The lowest BCUT2D eigenvalue weighted by Gasteiger charge is -2.32. The van der Waals surface area contributed by atoms with Gasteiger partial charge in [0.15, 0.2) is 5.82 Å². The number of aromatic nitrogens is 4. The van der Waals surface area contributed by atoms with Crippen LogP contribution in [0.25, 0.3) is 5.69 Å². The van der Waals surface area contributed by atoms with Gasteiger partial charge < -0.3 is 9.80 Å². The zero-order valence-corrected chi connectivity index (χ0v) is 17.0. The molecule has 0 saturated carbocycles. The molecule has 0 atom stereocenters. The molecule has 1 saturated heterocycles. The molecule has 0 N–H and O–H groups in total. The second kappa shape index (κ2) is 7.99. The number of hydrogen-bond acceptors (Lipinski definition) is 5. The monoisotopic (exact) mass is 396 g/mol. The molecule has 150 valence electrons. The average molecular weight is 396 g/mol. The fourth-order valence-corrected chi connectivity index (χ4v) is 4.13. The zero-order chi connectivity index (χ0) is 20.3. The van der Waals surface area contributed by atoms with Gasteiger partial charge in [-0.05, 0) is 53.7 Å². The quantitative estimate of drug-likeness (QED) is 0.513. The Labute approximate surface area is 176 Å². The Morgan fingerprint density at radius 3 is 1.87 bits per heavy atom. The van der Waals surface area contributed by atoms with Gasteiger partial charge in [0.25, 0.3) is 0 Å². The largest absolute Gasteiger partial charge is 0.349 e. The minimum atomic E-state index is 0.130. The van der Waals surface area contributed by atoms with Gasteiger partial charge in [0.2, 0.25) is 0 Å². The second-order valence-electron chi connectivity index (χ2n) is 7.59. The van der Waals surface area contributed by atoms with E-state index in [2.05, 4.69) is 117 Å². The number of aryl methyl sites for hydroxylation is 1. The van der Waals surface area contributed by atoms with E-state index in [0.29, 0.717) is 6.42 Å². The highest BCUT2D eigenvalue weighted by Gasteiger charge is 2.34. The third-order valence-corrected chi connectivity index (χ3v) is 5.65. The first-order chi connectivity index (χ1) is 14.8. The van der Waals surface area contributed by atoms with Gasteiger partial charge in [-0.3, -0.25) is 0 Å². The van der Waals surface area contributed by atoms with Gasteiger partial charge in [-0.2, -0.15) is 4.68 Å². The van der Waals surface area contributed by atoms with Crippen molar-refractivity contribution in [1.82, 2.24) is 20.2 Å². The molecule has 1 aliphatic rings. The van der Waals surface area contributed by atoms with Gasteiger partial charge in [0.05, 0.1) is 5.69 Å². The molecular formula is C24H24N6. The smallest absolute Gasteiger partial charge is 0.160 e. The van der Waals surface area contributed by atoms with Crippen molar-refractivity contribution in [2.24, 2.45) is 0 Å². The molecular weight excluding hydrogens is 372 g/mol. The molecule has 1 aliphatic heterocycles. The first-order valence-corrected chi connectivity index (χ1v) is 10.3. The minimum Gasteiger partial charge on any atom is -0.349 e. The van der Waals surface area contributed by atoms with Crippen molar-refractivity contribution >= 4 is 11.4 Å². The lowest BCUT2D eigenvalue weighted by atomic mass is 10.2. The average Bonchev–Trinajstić information content (AvgIpc) is 3.43. The topological polar surface area (TPSA) is 50.1 Å². The molecule has 5 rings (SSSR count). The summed E-state index contributed by atoms with van der Waals surface area (Å²) in [5.41, 5.74) is 4.64. The lowest BCUT2D eigenvalue weighted by Crippen LogP contribution is -2.41. The molecule has 6 nitrogen and oxygen atoms in total. The number of rotatable bonds is 5. The van der Waals surface area contributed by atoms with Crippen molar-refractivity contribution in [3.8, 4) is 5.69 Å². The Bertz CT molecular complexity index is 1040. The SMILES string of the molecule is Cc1ccc(-n2nnnc2CC2N(c3ccccc3)CCN2c2ccccc2)cc1. The Hall–Kier alpha value is -3.67. The van der Waals surface area contributed by atoms with Crippen molar-refractivity contribution in [2.45, 2.75) is 19.5 Å². The molecule has 2 heterocycles. The van der Waals surface area contributed by atoms with E-state index in [1.807, 2.05) is 4.68 Å². The molecule has 3 aromatic carbocycles. The van der Waals surface area contributed by atoms with Gasteiger partial charge in [-0.25, -0.2) is 0 Å². The van der Waals surface area contributed by atoms with Gasteiger partial charge in [0.1, 0.15) is 6.17 Å². The summed E-state index contributed by atoms with van der Waals surface area (Å²) in [7, 11) is 0. The van der Waals surface area contributed by atoms with Crippen LogP contribution in [0.5, 0.6) is 0 Å². The number of hydrogen-bond donors (Lipinski definition) is 0. The van der Waals surface area contributed by atoms with Crippen molar-refractivity contribution < 1.29 is 0 Å². The van der Waals surface area contributed by atoms with E-state index in [0.717, 1.165) is 24.6 Å². The van der Waals surface area contributed by atoms with Crippen molar-refractivity contribution in [3.05, 3.63) is 96.3 Å². The number of para-hydroxylation sites is 2. The van der Waals surface area contributed by atoms with Crippen LogP contribution >= 0.6 is 0 Å². The Morgan fingerprint density at radius 2 is 1.30 bits per heavy atom. The van der Waals surface area contributed by atoms with E-state index in [1.54, 1.807) is 0 Å². The van der Waals surface area contributed by atoms with Gasteiger partial charge in [-0.1, -0.05) is 54.1 Å². The summed E-state index contributed by atoms with van der Waals surface area (Å²) in [6.07, 6.45) is 0.843. The van der Waals surface area contributed by atoms with Gasteiger partial charge in [-0.15, -0.1) is 5.10 Å². The normalized spacial score (nSPS) is 14.4. The molecule has 4 aromatic rings. The summed E-state index contributed by atoms with van der Waals surface area (Å²) in [5.74, 6) is 0.854. The Kier molecular flexibility index (Phi) is 4.89. The molecule has 6 heteroatoms. The fourth-order valence-electron chi connectivity index (χ4n) is 4.13. The maximum atomic E-state index is 4.38. The molecule has 0 radical (unpaired) electrons. The minimum absolute atomic E-state index is 0.130. The lowest BCUT2D eigenvalue weighted by molar-refractivity contribution is 0.624. The fraction of sp³-hybridized carbons (Fsp3) is 0.208. The first kappa shape index (κ1) is 18.4. The summed E-state index contributed by atoms with van der Waals surface area (Å²) < 4.78 is 1.85. The van der Waals surface area contributed by atoms with E-state index in [4.69, 9.17) is 0 Å². The van der Waals surface area contributed by atoms with E-state index in [9.17, 15) is 0 Å². The number of tetrazole rings is 1. The third kappa shape index (κ3) is 3.52.